The van der Waals surface area contributed by atoms with E-state index in [4.69, 9.17) is 26.2 Å². The van der Waals surface area contributed by atoms with Crippen molar-refractivity contribution in [3.05, 3.63) is 115 Å². The first-order valence-electron chi connectivity index (χ1n) is 11.5. The summed E-state index contributed by atoms with van der Waals surface area (Å²) in [5.41, 5.74) is 3.23. The van der Waals surface area contributed by atoms with Gasteiger partial charge in [0.25, 0.3) is 5.56 Å². The Morgan fingerprint density at radius 3 is 2.45 bits per heavy atom. The average Bonchev–Trinajstić information content (AvgIpc) is 3.52. The van der Waals surface area contributed by atoms with Crippen molar-refractivity contribution in [2.45, 2.75) is 0 Å². The summed E-state index contributed by atoms with van der Waals surface area (Å²) in [5.74, 6) is 0.940. The summed E-state index contributed by atoms with van der Waals surface area (Å²) in [6.07, 6.45) is 5.05. The van der Waals surface area contributed by atoms with E-state index >= 15 is 0 Å². The largest absolute Gasteiger partial charge is 0.493 e. The zero-order valence-corrected chi connectivity index (χ0v) is 22.0. The predicted octanol–water partition coefficient (Wildman–Crippen LogP) is 4.45. The van der Waals surface area contributed by atoms with E-state index < -0.39 is 0 Å². The van der Waals surface area contributed by atoms with Gasteiger partial charge in [-0.2, -0.15) is 5.10 Å². The Labute approximate surface area is 226 Å². The molecule has 0 unspecified atom stereocenters. The number of ketones is 1. The van der Waals surface area contributed by atoms with Gasteiger partial charge in [0.1, 0.15) is 5.69 Å². The molecule has 0 aliphatic rings. The van der Waals surface area contributed by atoms with E-state index in [2.05, 4.69) is 4.98 Å². The van der Waals surface area contributed by atoms with E-state index in [1.165, 1.54) is 17.4 Å². The monoisotopic (exact) mass is 543 g/mol. The third-order valence-electron chi connectivity index (χ3n) is 5.78. The van der Waals surface area contributed by atoms with Gasteiger partial charge in [-0.15, -0.1) is 11.3 Å². The molecule has 0 spiro atoms. The van der Waals surface area contributed by atoms with Gasteiger partial charge in [-0.05, 0) is 60.7 Å². The zero-order chi connectivity index (χ0) is 26.6. The smallest absolute Gasteiger partial charge is 0.266 e. The van der Waals surface area contributed by atoms with E-state index in [1.54, 1.807) is 49.2 Å². The molecule has 0 radical (unpaired) electrons. The number of para-hydroxylation sites is 1. The molecule has 5 aromatic rings. The minimum absolute atomic E-state index is 0.228. The number of carbonyl (C=O) groups excluding carboxylic acids is 1. The molecule has 0 aliphatic heterocycles. The number of hydrogen-bond acceptors (Lipinski definition) is 6. The van der Waals surface area contributed by atoms with Crippen molar-refractivity contribution >= 4 is 40.9 Å². The fourth-order valence-electron chi connectivity index (χ4n) is 3.90. The maximum absolute atomic E-state index is 12.8. The molecule has 0 amide bonds. The van der Waals surface area contributed by atoms with Crippen molar-refractivity contribution in [2.24, 2.45) is 0 Å². The first-order valence-corrected chi connectivity index (χ1v) is 12.7. The van der Waals surface area contributed by atoms with Gasteiger partial charge in [0, 0.05) is 34.0 Å². The Morgan fingerprint density at radius 2 is 1.74 bits per heavy atom. The number of halogens is 1. The van der Waals surface area contributed by atoms with E-state index in [-0.39, 0.29) is 11.3 Å². The number of benzene rings is 3. The second-order valence-corrected chi connectivity index (χ2v) is 9.75. The van der Waals surface area contributed by atoms with Crippen LogP contribution in [0.4, 0.5) is 0 Å². The number of aromatic nitrogens is 3. The zero-order valence-electron chi connectivity index (χ0n) is 20.5. The molecule has 0 fully saturated rings. The fourth-order valence-corrected chi connectivity index (χ4v) is 4.90. The average molecular weight is 544 g/mol. The molecule has 0 saturated heterocycles. The summed E-state index contributed by atoms with van der Waals surface area (Å²) in [6, 6.07) is 21.8. The standard InChI is InChI=1S/C29H22ClN3O4S/c1-36-24-13-10-19(14-25(24)37-2)28-20(17-33(32-28)22-6-4-3-5-7-22)15-26-29(35)31-27(38-26)16-23(34)18-8-11-21(30)12-9-18/h3-17H,1-2H3,(H,31,35). The number of nitrogens with one attached hydrogen (secondary N) is 1. The van der Waals surface area contributed by atoms with Gasteiger partial charge in [-0.1, -0.05) is 29.8 Å². The molecule has 0 bridgehead atoms. The van der Waals surface area contributed by atoms with Crippen LogP contribution in [0.5, 0.6) is 11.5 Å². The maximum Gasteiger partial charge on any atom is 0.266 e. The molecule has 2 heterocycles. The van der Waals surface area contributed by atoms with Crippen LogP contribution in [0.15, 0.2) is 83.8 Å². The maximum atomic E-state index is 12.8. The number of carbonyl (C=O) groups is 1. The molecule has 1 N–H and O–H groups in total. The van der Waals surface area contributed by atoms with Crippen molar-refractivity contribution in [2.75, 3.05) is 14.2 Å². The van der Waals surface area contributed by atoms with Crippen LogP contribution in [0.3, 0.4) is 0 Å². The van der Waals surface area contributed by atoms with Crippen molar-refractivity contribution in [3.8, 4) is 28.4 Å². The van der Waals surface area contributed by atoms with Crippen LogP contribution < -0.4 is 24.2 Å². The lowest BCUT2D eigenvalue weighted by molar-refractivity contribution is 0.106. The Hall–Kier alpha value is -4.40. The van der Waals surface area contributed by atoms with Crippen molar-refractivity contribution in [1.82, 2.24) is 14.8 Å². The number of aromatic amines is 1. The van der Waals surface area contributed by atoms with Crippen molar-refractivity contribution < 1.29 is 14.3 Å². The lowest BCUT2D eigenvalue weighted by Crippen LogP contribution is -2.20. The molecular weight excluding hydrogens is 522 g/mol. The van der Waals surface area contributed by atoms with Crippen LogP contribution in [0.1, 0.15) is 15.9 Å². The molecule has 38 heavy (non-hydrogen) atoms. The number of nitrogens with zero attached hydrogens (tertiary/aromatic N) is 2. The van der Waals surface area contributed by atoms with Crippen LogP contribution in [-0.2, 0) is 0 Å². The number of thiazole rings is 1. The van der Waals surface area contributed by atoms with Crippen molar-refractivity contribution in [3.63, 3.8) is 0 Å². The van der Waals surface area contributed by atoms with E-state index in [0.29, 0.717) is 37.0 Å². The summed E-state index contributed by atoms with van der Waals surface area (Å²) in [7, 11) is 3.15. The van der Waals surface area contributed by atoms with Crippen LogP contribution in [0.25, 0.3) is 29.1 Å². The number of Topliss-reactive ketones (excluding diaryl/α,β-unsaturated/α-hetero) is 1. The number of rotatable bonds is 7. The molecule has 0 saturated carbocycles. The highest BCUT2D eigenvalue weighted by Gasteiger charge is 2.14. The van der Waals surface area contributed by atoms with Gasteiger partial charge in [0.15, 0.2) is 17.3 Å². The number of H-pyrrole nitrogens is 1. The van der Waals surface area contributed by atoms with Gasteiger partial charge in [0.05, 0.1) is 29.1 Å². The Morgan fingerprint density at radius 1 is 1.00 bits per heavy atom. The molecule has 190 valence electrons. The molecule has 9 heteroatoms. The SMILES string of the molecule is COc1ccc(-c2nn(-c3ccccc3)cc2C=c2sc(=CC(=O)c3ccc(Cl)cc3)[nH]c2=O)cc1OC. The number of hydrogen-bond donors (Lipinski definition) is 1. The summed E-state index contributed by atoms with van der Waals surface area (Å²) in [6.45, 7) is 0. The normalized spacial score (nSPS) is 12.1. The Bertz CT molecular complexity index is 1790. The minimum atomic E-state index is -0.295. The van der Waals surface area contributed by atoms with Crippen LogP contribution in [0, 0.1) is 0 Å². The highest BCUT2D eigenvalue weighted by Crippen LogP contribution is 2.33. The van der Waals surface area contributed by atoms with Crippen LogP contribution in [-0.4, -0.2) is 34.8 Å². The van der Waals surface area contributed by atoms with Gasteiger partial charge in [-0.3, -0.25) is 9.59 Å². The molecular formula is C29H22ClN3O4S. The van der Waals surface area contributed by atoms with Gasteiger partial charge in [0.2, 0.25) is 0 Å². The fraction of sp³-hybridized carbons (Fsp3) is 0.0690. The predicted molar refractivity (Wildman–Crippen MR) is 150 cm³/mol. The van der Waals surface area contributed by atoms with Crippen molar-refractivity contribution in [1.29, 1.82) is 0 Å². The van der Waals surface area contributed by atoms with Gasteiger partial charge >= 0.3 is 0 Å². The highest BCUT2D eigenvalue weighted by atomic mass is 35.5. The molecule has 0 aliphatic carbocycles. The second-order valence-electron chi connectivity index (χ2n) is 8.23. The lowest BCUT2D eigenvalue weighted by Gasteiger charge is -2.09. The highest BCUT2D eigenvalue weighted by molar-refractivity contribution is 7.07. The third-order valence-corrected chi connectivity index (χ3v) is 6.99. The number of ether oxygens (including phenoxy) is 2. The first kappa shape index (κ1) is 25.3. The first-order chi connectivity index (χ1) is 18.4. The van der Waals surface area contributed by atoms with Gasteiger partial charge in [-0.25, -0.2) is 4.68 Å². The molecule has 0 atom stereocenters. The molecule has 3 aromatic carbocycles. The van der Waals surface area contributed by atoms with Crippen LogP contribution in [0.2, 0.25) is 5.02 Å². The quantitative estimate of drug-likeness (QED) is 0.306. The Balaban J connectivity index is 1.62. The van der Waals surface area contributed by atoms with Crippen LogP contribution >= 0.6 is 22.9 Å². The van der Waals surface area contributed by atoms with E-state index in [0.717, 1.165) is 16.8 Å². The van der Waals surface area contributed by atoms with Gasteiger partial charge < -0.3 is 14.5 Å². The Kier molecular flexibility index (Phi) is 7.26. The molecule has 7 nitrogen and oxygen atoms in total. The summed E-state index contributed by atoms with van der Waals surface area (Å²) in [5, 5.41) is 5.36. The second kappa shape index (κ2) is 10.9. The molecule has 2 aromatic heterocycles. The van der Waals surface area contributed by atoms with E-state index in [9.17, 15) is 9.59 Å². The lowest BCUT2D eigenvalue weighted by atomic mass is 10.1. The van der Waals surface area contributed by atoms with E-state index in [1.807, 2.05) is 54.7 Å². The summed E-state index contributed by atoms with van der Waals surface area (Å²) < 4.78 is 13.5. The molecule has 5 rings (SSSR count). The topological polar surface area (TPSA) is 86.2 Å². The summed E-state index contributed by atoms with van der Waals surface area (Å²) in [4.78, 5) is 28.3. The summed E-state index contributed by atoms with van der Waals surface area (Å²) >= 11 is 7.11. The third kappa shape index (κ3) is 5.32. The minimum Gasteiger partial charge on any atom is -0.493 e. The number of methoxy groups -OCH3 is 2.